The van der Waals surface area contributed by atoms with E-state index in [-0.39, 0.29) is 0 Å². The zero-order chi connectivity index (χ0) is 4.41. The molecular weight excluding hydrogens is 96.1 g/mol. The van der Waals surface area contributed by atoms with Gasteiger partial charge in [-0.05, 0) is 0 Å². The second-order valence-electron chi connectivity index (χ2n) is 1.18. The molecule has 0 amide bonds. The van der Waals surface area contributed by atoms with Crippen LogP contribution in [0.15, 0.2) is 4.99 Å². The standard InChI is InChI=1S/C3H6N2S/c6-5-2-1-4-3-5/h3,6H,1-2H2. The van der Waals surface area contributed by atoms with E-state index in [9.17, 15) is 0 Å². The zero-order valence-corrected chi connectivity index (χ0v) is 4.23. The molecule has 0 aromatic rings. The Balaban J connectivity index is 2.38. The lowest BCUT2D eigenvalue weighted by atomic mass is 10.7. The van der Waals surface area contributed by atoms with Crippen LogP contribution in [-0.2, 0) is 0 Å². The first-order valence-electron chi connectivity index (χ1n) is 1.85. The number of thiol groups is 1. The van der Waals surface area contributed by atoms with Crippen molar-refractivity contribution in [2.24, 2.45) is 4.99 Å². The van der Waals surface area contributed by atoms with Gasteiger partial charge < -0.3 is 4.31 Å². The van der Waals surface area contributed by atoms with Crippen molar-refractivity contribution in [3.05, 3.63) is 0 Å². The van der Waals surface area contributed by atoms with Crippen molar-refractivity contribution in [2.75, 3.05) is 13.1 Å². The molecule has 0 unspecified atom stereocenters. The third-order valence-electron chi connectivity index (χ3n) is 0.673. The Kier molecular flexibility index (Phi) is 1.01. The van der Waals surface area contributed by atoms with Crippen molar-refractivity contribution in [3.63, 3.8) is 0 Å². The maximum atomic E-state index is 3.98. The number of rotatable bonds is 0. The highest BCUT2D eigenvalue weighted by Gasteiger charge is 1.95. The average Bonchev–Trinajstić information content (AvgIpc) is 1.86. The van der Waals surface area contributed by atoms with Crippen LogP contribution < -0.4 is 0 Å². The predicted molar refractivity (Wildman–Crippen MR) is 29.1 cm³/mol. The first-order chi connectivity index (χ1) is 2.89. The lowest BCUT2D eigenvalue weighted by Crippen LogP contribution is -2.04. The number of nitrogens with zero attached hydrogens (tertiary/aromatic N) is 2. The van der Waals surface area contributed by atoms with E-state index in [0.29, 0.717) is 0 Å². The summed E-state index contributed by atoms with van der Waals surface area (Å²) >= 11 is 3.98. The summed E-state index contributed by atoms with van der Waals surface area (Å²) in [6.45, 7) is 1.87. The summed E-state index contributed by atoms with van der Waals surface area (Å²) in [6.07, 6.45) is 1.73. The van der Waals surface area contributed by atoms with E-state index >= 15 is 0 Å². The first kappa shape index (κ1) is 3.99. The third-order valence-corrected chi connectivity index (χ3v) is 0.976. The van der Waals surface area contributed by atoms with E-state index in [4.69, 9.17) is 0 Å². The van der Waals surface area contributed by atoms with Gasteiger partial charge in [-0.25, -0.2) is 0 Å². The van der Waals surface area contributed by atoms with Gasteiger partial charge in [-0.15, -0.1) is 0 Å². The fourth-order valence-electron chi connectivity index (χ4n) is 0.370. The molecule has 6 heavy (non-hydrogen) atoms. The van der Waals surface area contributed by atoms with Crippen molar-refractivity contribution >= 4 is 19.2 Å². The van der Waals surface area contributed by atoms with Crippen molar-refractivity contribution in [3.8, 4) is 0 Å². The Labute approximate surface area is 42.4 Å². The van der Waals surface area contributed by atoms with Crippen LogP contribution >= 0.6 is 12.8 Å². The van der Waals surface area contributed by atoms with Gasteiger partial charge in [0, 0.05) is 6.54 Å². The van der Waals surface area contributed by atoms with Crippen LogP contribution in [0.1, 0.15) is 0 Å². The SMILES string of the molecule is SN1C=NCC1. The topological polar surface area (TPSA) is 15.6 Å². The molecule has 1 aliphatic heterocycles. The fourth-order valence-corrected chi connectivity index (χ4v) is 0.532. The molecule has 0 bridgehead atoms. The summed E-state index contributed by atoms with van der Waals surface area (Å²) in [7, 11) is 0. The molecule has 1 heterocycles. The largest absolute Gasteiger partial charge is 0.308 e. The minimum atomic E-state index is 0.906. The van der Waals surface area contributed by atoms with Gasteiger partial charge in [0.15, 0.2) is 0 Å². The Bertz CT molecular complexity index is 71.2. The van der Waals surface area contributed by atoms with Gasteiger partial charge >= 0.3 is 0 Å². The average molecular weight is 102 g/mol. The van der Waals surface area contributed by atoms with E-state index in [0.717, 1.165) is 13.1 Å². The molecule has 34 valence electrons. The predicted octanol–water partition coefficient (Wildman–Crippen LogP) is 0.175. The summed E-state index contributed by atoms with van der Waals surface area (Å²) in [6, 6.07) is 0. The molecule has 0 aliphatic carbocycles. The number of hydrogen-bond acceptors (Lipinski definition) is 3. The van der Waals surface area contributed by atoms with E-state index < -0.39 is 0 Å². The van der Waals surface area contributed by atoms with Gasteiger partial charge in [-0.3, -0.25) is 4.99 Å². The van der Waals surface area contributed by atoms with Gasteiger partial charge in [0.1, 0.15) is 0 Å². The summed E-state index contributed by atoms with van der Waals surface area (Å²) in [5, 5.41) is 0. The van der Waals surface area contributed by atoms with Crippen LogP contribution in [-0.4, -0.2) is 23.7 Å². The van der Waals surface area contributed by atoms with Crippen molar-refractivity contribution in [1.82, 2.24) is 4.31 Å². The van der Waals surface area contributed by atoms with Crippen LogP contribution in [0.25, 0.3) is 0 Å². The molecule has 0 saturated carbocycles. The molecule has 0 saturated heterocycles. The van der Waals surface area contributed by atoms with Crippen LogP contribution in [0.2, 0.25) is 0 Å². The normalized spacial score (nSPS) is 19.8. The van der Waals surface area contributed by atoms with Crippen LogP contribution in [0, 0.1) is 0 Å². The highest BCUT2D eigenvalue weighted by atomic mass is 32.1. The first-order valence-corrected chi connectivity index (χ1v) is 2.25. The number of hydrogen-bond donors (Lipinski definition) is 1. The van der Waals surface area contributed by atoms with Crippen LogP contribution in [0.5, 0.6) is 0 Å². The minimum absolute atomic E-state index is 0.906. The molecule has 0 N–H and O–H groups in total. The second-order valence-corrected chi connectivity index (χ2v) is 1.70. The van der Waals surface area contributed by atoms with Gasteiger partial charge in [0.2, 0.25) is 0 Å². The van der Waals surface area contributed by atoms with E-state index in [1.165, 1.54) is 0 Å². The molecule has 3 heteroatoms. The van der Waals surface area contributed by atoms with Gasteiger partial charge in [0.05, 0.1) is 12.9 Å². The summed E-state index contributed by atoms with van der Waals surface area (Å²) in [5.41, 5.74) is 0. The highest BCUT2D eigenvalue weighted by molar-refractivity contribution is 7.78. The van der Waals surface area contributed by atoms with Gasteiger partial charge in [0.25, 0.3) is 0 Å². The van der Waals surface area contributed by atoms with Crippen molar-refractivity contribution < 1.29 is 0 Å². The maximum Gasteiger partial charge on any atom is 0.0948 e. The van der Waals surface area contributed by atoms with E-state index in [2.05, 4.69) is 17.8 Å². The number of aliphatic imine (C=N–C) groups is 1. The Hall–Kier alpha value is -0.180. The van der Waals surface area contributed by atoms with Gasteiger partial charge in [-0.2, -0.15) is 0 Å². The van der Waals surface area contributed by atoms with Crippen LogP contribution in [0.3, 0.4) is 0 Å². The van der Waals surface area contributed by atoms with Crippen molar-refractivity contribution in [2.45, 2.75) is 0 Å². The third kappa shape index (κ3) is 0.653. The molecule has 0 atom stereocenters. The summed E-state index contributed by atoms with van der Waals surface area (Å²) in [4.78, 5) is 3.89. The summed E-state index contributed by atoms with van der Waals surface area (Å²) in [5.74, 6) is 0. The Morgan fingerprint density at radius 3 is 2.83 bits per heavy atom. The zero-order valence-electron chi connectivity index (χ0n) is 3.33. The second kappa shape index (κ2) is 1.51. The molecule has 0 spiro atoms. The monoisotopic (exact) mass is 102 g/mol. The van der Waals surface area contributed by atoms with Crippen molar-refractivity contribution in [1.29, 1.82) is 0 Å². The lowest BCUT2D eigenvalue weighted by molar-refractivity contribution is 0.757. The molecule has 0 radical (unpaired) electrons. The van der Waals surface area contributed by atoms with E-state index in [1.807, 2.05) is 0 Å². The Morgan fingerprint density at radius 2 is 2.67 bits per heavy atom. The van der Waals surface area contributed by atoms with Crippen LogP contribution in [0.4, 0.5) is 0 Å². The lowest BCUT2D eigenvalue weighted by Gasteiger charge is -1.97. The van der Waals surface area contributed by atoms with E-state index in [1.54, 1.807) is 10.6 Å². The molecule has 0 aromatic heterocycles. The molecule has 2 nitrogen and oxygen atoms in total. The molecular formula is C3H6N2S. The summed E-state index contributed by atoms with van der Waals surface area (Å²) < 4.78 is 1.76. The molecule has 1 aliphatic rings. The fraction of sp³-hybridized carbons (Fsp3) is 0.667. The quantitative estimate of drug-likeness (QED) is 0.431. The Morgan fingerprint density at radius 1 is 1.83 bits per heavy atom. The molecule has 1 rings (SSSR count). The smallest absolute Gasteiger partial charge is 0.0948 e. The van der Waals surface area contributed by atoms with Gasteiger partial charge in [-0.1, -0.05) is 12.8 Å². The molecule has 0 aromatic carbocycles. The minimum Gasteiger partial charge on any atom is -0.308 e. The maximum absolute atomic E-state index is 3.98. The molecule has 0 fully saturated rings. The highest BCUT2D eigenvalue weighted by Crippen LogP contribution is 1.93.